The van der Waals surface area contributed by atoms with Crippen LogP contribution in [0.4, 0.5) is 0 Å². The number of methoxy groups -OCH3 is 1. The lowest BCUT2D eigenvalue weighted by atomic mass is 9.50. The third kappa shape index (κ3) is 4.42. The Morgan fingerprint density at radius 2 is 1.74 bits per heavy atom. The Balaban J connectivity index is 1.19. The molecule has 2 amide bonds. The number of aliphatic carboxylic acids is 1. The second kappa shape index (κ2) is 9.42. The number of carboxylic acids is 1. The molecule has 0 spiro atoms. The van der Waals surface area contributed by atoms with Gasteiger partial charge in [0.05, 0.1) is 35.7 Å². The number of hydrogen-bond donors (Lipinski definition) is 3. The Labute approximate surface area is 228 Å². The number of carboxylic acid groups (broad SMARTS) is 1. The normalized spacial score (nSPS) is 37.6. The molecule has 39 heavy (non-hydrogen) atoms. The molecule has 6 fully saturated rings. The summed E-state index contributed by atoms with van der Waals surface area (Å²) in [6.07, 6.45) is 8.03. The standard InChI is InChI=1S/C30H37N3O6/c1-29(28(36)37)7-5-20(6-8-29)39-22-11-21(23(38-2)10-19(22)15-31)26(34)32-25-18-4-3-17(9-18)24(25)27(35)33-30-12-16(13-30)14-30/h10-11,16-18,20,24-25H,3-9,12-14H2,1-2H3,(H,32,34)(H,33,35)(H,36,37)/t16?,17-,18+,20-,24+,25-,29+,30?/m1/s1. The van der Waals surface area contributed by atoms with E-state index in [0.29, 0.717) is 31.4 Å². The van der Waals surface area contributed by atoms with Gasteiger partial charge in [0.1, 0.15) is 17.6 Å². The van der Waals surface area contributed by atoms with Crippen LogP contribution < -0.4 is 20.1 Å². The summed E-state index contributed by atoms with van der Waals surface area (Å²) in [6.45, 7) is 1.75. The van der Waals surface area contributed by atoms with E-state index in [-0.39, 0.29) is 64.1 Å². The monoisotopic (exact) mass is 535 g/mol. The van der Waals surface area contributed by atoms with Gasteiger partial charge in [-0.15, -0.1) is 0 Å². The quantitative estimate of drug-likeness (QED) is 0.460. The van der Waals surface area contributed by atoms with Gasteiger partial charge in [0.15, 0.2) is 0 Å². The number of benzene rings is 1. The predicted octanol–water partition coefficient (Wildman–Crippen LogP) is 3.79. The van der Waals surface area contributed by atoms with E-state index in [0.717, 1.165) is 44.4 Å². The molecule has 1 aromatic rings. The van der Waals surface area contributed by atoms with Crippen LogP contribution >= 0.6 is 0 Å². The maximum Gasteiger partial charge on any atom is 0.309 e. The summed E-state index contributed by atoms with van der Waals surface area (Å²) in [7, 11) is 1.46. The minimum atomic E-state index is -0.807. The Hall–Kier alpha value is -3.28. The molecule has 9 heteroatoms. The molecule has 6 aliphatic rings. The molecule has 1 aromatic carbocycles. The molecule has 6 saturated carbocycles. The Morgan fingerprint density at radius 3 is 2.33 bits per heavy atom. The molecule has 0 radical (unpaired) electrons. The van der Waals surface area contributed by atoms with Crippen LogP contribution in [0.1, 0.15) is 87.1 Å². The van der Waals surface area contributed by atoms with E-state index in [9.17, 15) is 24.8 Å². The first-order valence-electron chi connectivity index (χ1n) is 14.3. The highest BCUT2D eigenvalue weighted by molar-refractivity contribution is 5.98. The van der Waals surface area contributed by atoms with Crippen LogP contribution in [0, 0.1) is 40.4 Å². The molecule has 9 nitrogen and oxygen atoms in total. The van der Waals surface area contributed by atoms with Crippen molar-refractivity contribution >= 4 is 17.8 Å². The first kappa shape index (κ1) is 26.0. The summed E-state index contributed by atoms with van der Waals surface area (Å²) in [5.41, 5.74) is -0.253. The summed E-state index contributed by atoms with van der Waals surface area (Å²) < 4.78 is 11.7. The third-order valence-electron chi connectivity index (χ3n) is 10.5. The molecule has 0 unspecified atom stereocenters. The van der Waals surface area contributed by atoms with Crippen molar-refractivity contribution in [2.75, 3.05) is 7.11 Å². The fourth-order valence-corrected chi connectivity index (χ4v) is 7.91. The summed E-state index contributed by atoms with van der Waals surface area (Å²) >= 11 is 0. The number of nitrogens with zero attached hydrogens (tertiary/aromatic N) is 1. The highest BCUT2D eigenvalue weighted by Gasteiger charge is 2.59. The molecule has 0 saturated heterocycles. The summed E-state index contributed by atoms with van der Waals surface area (Å²) in [5, 5.41) is 25.8. The first-order chi connectivity index (χ1) is 18.6. The molecule has 0 aliphatic heterocycles. The van der Waals surface area contributed by atoms with Gasteiger partial charge in [0.25, 0.3) is 5.91 Å². The molecule has 208 valence electrons. The van der Waals surface area contributed by atoms with E-state index in [1.807, 2.05) is 0 Å². The van der Waals surface area contributed by atoms with Crippen molar-refractivity contribution in [2.45, 2.75) is 88.8 Å². The number of amides is 2. The second-order valence-corrected chi connectivity index (χ2v) is 12.9. The van der Waals surface area contributed by atoms with Gasteiger partial charge in [-0.3, -0.25) is 14.4 Å². The van der Waals surface area contributed by atoms with E-state index < -0.39 is 11.4 Å². The average molecular weight is 536 g/mol. The van der Waals surface area contributed by atoms with Gasteiger partial charge < -0.3 is 25.2 Å². The SMILES string of the molecule is COc1cc(C#N)c(O[C@H]2CC[C@@](C)(C(=O)O)CC2)cc1C(=O)N[C@@H]1[C@H]2CC[C@H](C2)[C@@H]1C(=O)NC12CC(C1)C2. The van der Waals surface area contributed by atoms with Crippen LogP contribution in [-0.2, 0) is 9.59 Å². The third-order valence-corrected chi connectivity index (χ3v) is 10.5. The zero-order chi connectivity index (χ0) is 27.5. The number of ether oxygens (including phenoxy) is 2. The van der Waals surface area contributed by atoms with Gasteiger partial charge in [0.2, 0.25) is 5.91 Å². The number of nitriles is 1. The number of carbonyl (C=O) groups excluding carboxylic acids is 2. The molecular formula is C30H37N3O6. The lowest BCUT2D eigenvalue weighted by Crippen LogP contribution is -2.69. The van der Waals surface area contributed by atoms with Crippen molar-refractivity contribution in [1.82, 2.24) is 10.6 Å². The smallest absolute Gasteiger partial charge is 0.309 e. The van der Waals surface area contributed by atoms with Gasteiger partial charge in [-0.1, -0.05) is 0 Å². The number of hydrogen-bond acceptors (Lipinski definition) is 6. The first-order valence-corrected chi connectivity index (χ1v) is 14.3. The Morgan fingerprint density at radius 1 is 1.05 bits per heavy atom. The summed E-state index contributed by atoms with van der Waals surface area (Å²) in [6, 6.07) is 4.97. The van der Waals surface area contributed by atoms with Crippen molar-refractivity contribution in [2.24, 2.45) is 29.1 Å². The van der Waals surface area contributed by atoms with Crippen molar-refractivity contribution in [3.8, 4) is 17.6 Å². The van der Waals surface area contributed by atoms with Crippen LogP contribution in [0.5, 0.6) is 11.5 Å². The van der Waals surface area contributed by atoms with Crippen LogP contribution in [-0.4, -0.2) is 47.7 Å². The van der Waals surface area contributed by atoms with Gasteiger partial charge >= 0.3 is 5.97 Å². The lowest BCUT2D eigenvalue weighted by molar-refractivity contribution is -0.150. The maximum atomic E-state index is 13.7. The van der Waals surface area contributed by atoms with Gasteiger partial charge in [-0.05, 0) is 95.0 Å². The Bertz CT molecular complexity index is 1230. The second-order valence-electron chi connectivity index (χ2n) is 12.9. The number of fused-ring (bicyclic) bond motifs is 2. The van der Waals surface area contributed by atoms with Crippen molar-refractivity contribution < 1.29 is 29.0 Å². The van der Waals surface area contributed by atoms with Crippen LogP contribution in [0.2, 0.25) is 0 Å². The van der Waals surface area contributed by atoms with Crippen LogP contribution in [0.25, 0.3) is 0 Å². The maximum absolute atomic E-state index is 13.7. The molecule has 6 aliphatic carbocycles. The van der Waals surface area contributed by atoms with E-state index in [2.05, 4.69) is 16.7 Å². The summed E-state index contributed by atoms with van der Waals surface area (Å²) in [5.74, 6) is 0.597. The van der Waals surface area contributed by atoms with Crippen LogP contribution in [0.15, 0.2) is 12.1 Å². The molecule has 0 heterocycles. The topological polar surface area (TPSA) is 138 Å². The zero-order valence-corrected chi connectivity index (χ0v) is 22.6. The van der Waals surface area contributed by atoms with Crippen LogP contribution in [0.3, 0.4) is 0 Å². The van der Waals surface area contributed by atoms with E-state index in [1.165, 1.54) is 13.2 Å². The highest BCUT2D eigenvalue weighted by Crippen LogP contribution is 2.57. The van der Waals surface area contributed by atoms with Crippen molar-refractivity contribution in [1.29, 1.82) is 5.26 Å². The van der Waals surface area contributed by atoms with Gasteiger partial charge in [-0.2, -0.15) is 5.26 Å². The fraction of sp³-hybridized carbons (Fsp3) is 0.667. The summed E-state index contributed by atoms with van der Waals surface area (Å²) in [4.78, 5) is 38.7. The van der Waals surface area contributed by atoms with E-state index in [4.69, 9.17) is 9.47 Å². The fourth-order valence-electron chi connectivity index (χ4n) is 7.91. The molecular weight excluding hydrogens is 498 g/mol. The predicted molar refractivity (Wildman–Crippen MR) is 140 cm³/mol. The van der Waals surface area contributed by atoms with Crippen molar-refractivity contribution in [3.05, 3.63) is 23.3 Å². The largest absolute Gasteiger partial charge is 0.496 e. The van der Waals surface area contributed by atoms with E-state index in [1.54, 1.807) is 13.0 Å². The van der Waals surface area contributed by atoms with E-state index >= 15 is 0 Å². The van der Waals surface area contributed by atoms with Gasteiger partial charge in [0, 0.05) is 17.6 Å². The number of nitrogens with one attached hydrogen (secondary N) is 2. The lowest BCUT2D eigenvalue weighted by Gasteiger charge is -2.62. The average Bonchev–Trinajstić information content (AvgIpc) is 3.48. The minimum absolute atomic E-state index is 0.00174. The van der Waals surface area contributed by atoms with Crippen molar-refractivity contribution in [3.63, 3.8) is 0 Å². The minimum Gasteiger partial charge on any atom is -0.496 e. The highest BCUT2D eigenvalue weighted by atomic mass is 16.5. The zero-order valence-electron chi connectivity index (χ0n) is 22.6. The number of rotatable bonds is 8. The molecule has 0 aromatic heterocycles. The number of carbonyl (C=O) groups is 3. The molecule has 4 bridgehead atoms. The molecule has 3 N–H and O–H groups in total. The van der Waals surface area contributed by atoms with Gasteiger partial charge in [-0.25, -0.2) is 0 Å². The molecule has 7 rings (SSSR count). The molecule has 4 atom stereocenters. The Kier molecular flexibility index (Phi) is 6.28.